The summed E-state index contributed by atoms with van der Waals surface area (Å²) in [7, 11) is 0. The highest BCUT2D eigenvalue weighted by Crippen LogP contribution is 2.54. The first-order valence-corrected chi connectivity index (χ1v) is 10.7. The monoisotopic (exact) mass is 668 g/mol. The Morgan fingerprint density at radius 2 is 0.690 bits per heavy atom. The number of alkyl halides is 18. The van der Waals surface area contributed by atoms with Crippen LogP contribution in [0.25, 0.3) is 0 Å². The maximum atomic E-state index is 13.2. The van der Waals surface area contributed by atoms with Crippen molar-refractivity contribution in [3.8, 4) is 0 Å². The van der Waals surface area contributed by atoms with E-state index in [1.807, 2.05) is 0 Å². The first-order valence-electron chi connectivity index (χ1n) is 10.7. The van der Waals surface area contributed by atoms with Crippen LogP contribution < -0.4 is 10.6 Å². The minimum atomic E-state index is -7.18. The maximum absolute atomic E-state index is 13.2. The lowest BCUT2D eigenvalue weighted by molar-refractivity contribution is -0.398. The van der Waals surface area contributed by atoms with Crippen LogP contribution in [0.4, 0.5) is 88.6 Å². The van der Waals surface area contributed by atoms with Crippen molar-refractivity contribution in [2.24, 2.45) is 0 Å². The summed E-state index contributed by atoms with van der Waals surface area (Å²) in [5.41, 5.74) is 0. The first kappa shape index (κ1) is 39.3. The summed E-state index contributed by atoms with van der Waals surface area (Å²) in [6.07, 6.45) is -18.0. The Morgan fingerprint density at radius 3 is 0.929 bits per heavy atom. The molecule has 0 rings (SSSR count). The molecule has 0 atom stereocenters. The zero-order valence-corrected chi connectivity index (χ0v) is 20.1. The van der Waals surface area contributed by atoms with Crippen molar-refractivity contribution >= 4 is 12.2 Å². The van der Waals surface area contributed by atoms with Crippen LogP contribution in [0.2, 0.25) is 0 Å². The van der Waals surface area contributed by atoms with E-state index in [-0.39, 0.29) is 25.7 Å². The number of hydrogen-bond donors (Lipinski definition) is 2. The van der Waals surface area contributed by atoms with Crippen molar-refractivity contribution in [1.82, 2.24) is 10.6 Å². The van der Waals surface area contributed by atoms with Gasteiger partial charge in [0, 0.05) is 13.1 Å². The lowest BCUT2D eigenvalue weighted by Crippen LogP contribution is -2.62. The van der Waals surface area contributed by atoms with Gasteiger partial charge in [0.15, 0.2) is 13.2 Å². The largest absolute Gasteiger partial charge is 0.460 e. The lowest BCUT2D eigenvalue weighted by Gasteiger charge is -2.33. The second-order valence-corrected chi connectivity index (χ2v) is 8.12. The van der Waals surface area contributed by atoms with E-state index in [1.165, 1.54) is 0 Å². The van der Waals surface area contributed by atoms with E-state index in [2.05, 4.69) is 9.47 Å². The Morgan fingerprint density at radius 1 is 0.429 bits per heavy atom. The summed E-state index contributed by atoms with van der Waals surface area (Å²) in [5.74, 6) is -40.6. The van der Waals surface area contributed by atoms with Crippen molar-refractivity contribution in [2.45, 2.75) is 73.6 Å². The Balaban J connectivity index is 4.37. The van der Waals surface area contributed by atoms with Crippen LogP contribution in [0.15, 0.2) is 0 Å². The lowest BCUT2D eigenvalue weighted by atomic mass is 10.0. The summed E-state index contributed by atoms with van der Waals surface area (Å²) in [6, 6.07) is 0. The van der Waals surface area contributed by atoms with Crippen LogP contribution in [-0.4, -0.2) is 86.4 Å². The first-order chi connectivity index (χ1) is 18.5. The van der Waals surface area contributed by atoms with Crippen LogP contribution in [-0.2, 0) is 9.47 Å². The van der Waals surface area contributed by atoms with Gasteiger partial charge in [-0.3, -0.25) is 0 Å². The second kappa shape index (κ2) is 13.3. The number of amides is 2. The number of alkyl carbamates (subject to hydrolysis) is 2. The molecule has 24 heteroatoms. The molecule has 2 N–H and O–H groups in total. The van der Waals surface area contributed by atoms with E-state index in [0.29, 0.717) is 0 Å². The normalized spacial score (nSPS) is 14.4. The van der Waals surface area contributed by atoms with Gasteiger partial charge in [0.25, 0.3) is 0 Å². The zero-order valence-electron chi connectivity index (χ0n) is 20.1. The average molecular weight is 668 g/mol. The number of nitrogens with one attached hydrogen (secondary N) is 2. The molecule has 0 aliphatic heterocycles. The molecule has 0 spiro atoms. The van der Waals surface area contributed by atoms with Crippen molar-refractivity contribution in [3.05, 3.63) is 0 Å². The third kappa shape index (κ3) is 8.89. The van der Waals surface area contributed by atoms with Gasteiger partial charge in [-0.1, -0.05) is 12.8 Å². The molecule has 0 saturated heterocycles. The van der Waals surface area contributed by atoms with Crippen molar-refractivity contribution in [2.75, 3.05) is 26.3 Å². The van der Waals surface area contributed by atoms with Crippen LogP contribution >= 0.6 is 0 Å². The minimum absolute atomic E-state index is 0.0693. The van der Waals surface area contributed by atoms with E-state index in [9.17, 15) is 88.6 Å². The molecule has 0 saturated carbocycles. The second-order valence-electron chi connectivity index (χ2n) is 8.12. The van der Waals surface area contributed by atoms with Crippen LogP contribution in [0.1, 0.15) is 25.7 Å². The van der Waals surface area contributed by atoms with E-state index >= 15 is 0 Å². The third-order valence-corrected chi connectivity index (χ3v) is 4.83. The highest BCUT2D eigenvalue weighted by Gasteiger charge is 2.83. The number of halogens is 18. The molecular weight excluding hydrogens is 650 g/mol. The predicted molar refractivity (Wildman–Crippen MR) is 99.0 cm³/mol. The molecule has 2 amide bonds. The highest BCUT2D eigenvalue weighted by molar-refractivity contribution is 5.67. The van der Waals surface area contributed by atoms with Gasteiger partial charge < -0.3 is 20.1 Å². The van der Waals surface area contributed by atoms with E-state index in [4.69, 9.17) is 0 Å². The third-order valence-electron chi connectivity index (χ3n) is 4.83. The van der Waals surface area contributed by atoms with Gasteiger partial charge in [-0.05, 0) is 12.8 Å². The molecule has 0 bridgehead atoms. The molecule has 0 fully saturated rings. The fourth-order valence-electron chi connectivity index (χ4n) is 2.40. The summed E-state index contributed by atoms with van der Waals surface area (Å²) in [6.45, 7) is -6.68. The highest BCUT2D eigenvalue weighted by atomic mass is 19.4. The minimum Gasteiger partial charge on any atom is -0.443 e. The smallest absolute Gasteiger partial charge is 0.443 e. The molecule has 0 heterocycles. The van der Waals surface area contributed by atoms with Gasteiger partial charge in [0.05, 0.1) is 0 Å². The number of ether oxygens (including phenoxy) is 2. The van der Waals surface area contributed by atoms with Gasteiger partial charge >= 0.3 is 60.1 Å². The SMILES string of the molecule is O=C(NCCCCCCNC(=O)OCC(F)(F)C(F)(F)C(F)(F)C(F)(F)F)OCC(F)(F)C(F)(F)C(F)(F)C(F)(F)F. The van der Waals surface area contributed by atoms with E-state index < -0.39 is 86.4 Å². The molecule has 0 aromatic carbocycles. The van der Waals surface area contributed by atoms with Gasteiger partial charge in [0.2, 0.25) is 0 Å². The molecule has 42 heavy (non-hydrogen) atoms. The predicted octanol–water partition coefficient (Wildman–Crippen LogP) is 6.94. The standard InChI is InChI=1S/C18H18F18N2O4/c19-11(20,13(23,24)15(27,28)17(31,32)33)7-41-9(39)37-5-3-1-2-4-6-38-10(40)42-8-12(21,22)14(25,26)16(29,30)18(34,35)36/h1-8H2,(H,37,39)(H,38,40). The van der Waals surface area contributed by atoms with Crippen molar-refractivity contribution in [3.63, 3.8) is 0 Å². The average Bonchev–Trinajstić information content (AvgIpc) is 2.81. The topological polar surface area (TPSA) is 76.7 Å². The number of carbonyl (C=O) groups is 2. The molecule has 0 aromatic rings. The van der Waals surface area contributed by atoms with Crippen LogP contribution in [0.3, 0.4) is 0 Å². The Hall–Kier alpha value is -2.72. The Kier molecular flexibility index (Phi) is 12.4. The number of rotatable bonds is 15. The van der Waals surface area contributed by atoms with Crippen molar-refractivity contribution in [1.29, 1.82) is 0 Å². The Bertz CT molecular complexity index is 832. The van der Waals surface area contributed by atoms with Crippen molar-refractivity contribution < 1.29 is 98.1 Å². The summed E-state index contributed by atoms with van der Waals surface area (Å²) in [4.78, 5) is 22.4. The molecule has 0 aliphatic rings. The number of unbranched alkanes of at least 4 members (excludes halogenated alkanes) is 3. The summed E-state index contributed by atoms with van der Waals surface area (Å²) in [5, 5.41) is 3.31. The molecule has 6 nitrogen and oxygen atoms in total. The van der Waals surface area contributed by atoms with Gasteiger partial charge in [-0.15, -0.1) is 0 Å². The molecule has 0 aromatic heterocycles. The summed E-state index contributed by atoms with van der Waals surface area (Å²) < 4.78 is 235. The van der Waals surface area contributed by atoms with E-state index in [0.717, 1.165) is 0 Å². The fourth-order valence-corrected chi connectivity index (χ4v) is 2.40. The number of carbonyl (C=O) groups excluding carboxylic acids is 2. The van der Waals surface area contributed by atoms with Crippen LogP contribution in [0, 0.1) is 0 Å². The molecule has 0 unspecified atom stereocenters. The van der Waals surface area contributed by atoms with Gasteiger partial charge in [-0.2, -0.15) is 79.0 Å². The van der Waals surface area contributed by atoms with Crippen LogP contribution in [0.5, 0.6) is 0 Å². The summed E-state index contributed by atoms with van der Waals surface area (Å²) >= 11 is 0. The quantitative estimate of drug-likeness (QED) is 0.147. The zero-order chi connectivity index (χ0) is 33.6. The molecule has 250 valence electrons. The fraction of sp³-hybridized carbons (Fsp3) is 0.889. The molecule has 0 radical (unpaired) electrons. The van der Waals surface area contributed by atoms with Gasteiger partial charge in [-0.25, -0.2) is 9.59 Å². The molecular formula is C18H18F18N2O4. The number of hydrogen-bond acceptors (Lipinski definition) is 4. The maximum Gasteiger partial charge on any atom is 0.460 e. The van der Waals surface area contributed by atoms with Gasteiger partial charge in [0.1, 0.15) is 0 Å². The molecule has 0 aliphatic carbocycles. The Labute approximate surface area is 222 Å². The van der Waals surface area contributed by atoms with E-state index in [1.54, 1.807) is 10.6 Å².